The normalized spacial score (nSPS) is 36.7. The molecule has 0 amide bonds. The molecule has 1 saturated carbocycles. The highest BCUT2D eigenvalue weighted by molar-refractivity contribution is 6.48. The average Bonchev–Trinajstić information content (AvgIpc) is 2.86. The van der Waals surface area contributed by atoms with E-state index >= 15 is 0 Å². The van der Waals surface area contributed by atoms with Gasteiger partial charge in [0, 0.05) is 5.82 Å². The topological polar surface area (TPSA) is 18.5 Å². The Morgan fingerprint density at radius 3 is 2.07 bits per heavy atom. The summed E-state index contributed by atoms with van der Waals surface area (Å²) < 4.78 is 11.8. The molecule has 0 aromatic carbocycles. The van der Waals surface area contributed by atoms with E-state index in [0.717, 1.165) is 0 Å². The molecule has 3 rings (SSSR count). The standard InChI is InChI=1S/C11H15BO2/c1-2-6-9(5-1)12-13-10-7-3-4-8-11(10)14-12/h1-2,5-6,9-11H,3-4,7-8H2/t10-,11+. The van der Waals surface area contributed by atoms with Crippen molar-refractivity contribution in [2.75, 3.05) is 0 Å². The Morgan fingerprint density at radius 2 is 1.50 bits per heavy atom. The maximum absolute atomic E-state index is 5.92. The summed E-state index contributed by atoms with van der Waals surface area (Å²) >= 11 is 0. The maximum atomic E-state index is 5.92. The van der Waals surface area contributed by atoms with E-state index in [1.807, 2.05) is 0 Å². The number of hydrogen-bond acceptors (Lipinski definition) is 2. The van der Waals surface area contributed by atoms with E-state index in [-0.39, 0.29) is 7.12 Å². The fraction of sp³-hybridized carbons (Fsp3) is 0.636. The maximum Gasteiger partial charge on any atom is 0.468 e. The van der Waals surface area contributed by atoms with Gasteiger partial charge in [-0.15, -0.1) is 0 Å². The van der Waals surface area contributed by atoms with Gasteiger partial charge in [-0.1, -0.05) is 37.1 Å². The number of hydrogen-bond donors (Lipinski definition) is 0. The Balaban J connectivity index is 1.67. The summed E-state index contributed by atoms with van der Waals surface area (Å²) in [5.74, 6) is 0.348. The summed E-state index contributed by atoms with van der Waals surface area (Å²) in [6, 6.07) is 0. The van der Waals surface area contributed by atoms with E-state index in [4.69, 9.17) is 9.31 Å². The van der Waals surface area contributed by atoms with Gasteiger partial charge in [0.05, 0.1) is 12.2 Å². The Kier molecular flexibility index (Phi) is 2.22. The molecule has 2 fully saturated rings. The first-order valence-corrected chi connectivity index (χ1v) is 5.59. The smallest absolute Gasteiger partial charge is 0.405 e. The van der Waals surface area contributed by atoms with Crippen molar-refractivity contribution in [3.63, 3.8) is 0 Å². The van der Waals surface area contributed by atoms with Gasteiger partial charge in [0.25, 0.3) is 0 Å². The van der Waals surface area contributed by atoms with Crippen LogP contribution < -0.4 is 0 Å². The lowest BCUT2D eigenvalue weighted by atomic mass is 9.73. The molecule has 0 aromatic heterocycles. The molecule has 3 aliphatic rings. The van der Waals surface area contributed by atoms with Crippen LogP contribution in [0.15, 0.2) is 24.3 Å². The molecular weight excluding hydrogens is 175 g/mol. The monoisotopic (exact) mass is 190 g/mol. The van der Waals surface area contributed by atoms with Crippen LogP contribution in [0.25, 0.3) is 0 Å². The minimum absolute atomic E-state index is 0.0156. The number of allylic oxidation sites excluding steroid dienone is 4. The minimum atomic E-state index is -0.0156. The minimum Gasteiger partial charge on any atom is -0.405 e. The Hall–Kier alpha value is -0.535. The summed E-state index contributed by atoms with van der Waals surface area (Å²) in [6.45, 7) is 0. The van der Waals surface area contributed by atoms with Crippen LogP contribution in [-0.2, 0) is 9.31 Å². The second kappa shape index (κ2) is 3.56. The van der Waals surface area contributed by atoms with E-state index in [1.165, 1.54) is 25.7 Å². The quantitative estimate of drug-likeness (QED) is 0.590. The summed E-state index contributed by atoms with van der Waals surface area (Å²) in [7, 11) is -0.0156. The molecule has 0 radical (unpaired) electrons. The Morgan fingerprint density at radius 1 is 0.929 bits per heavy atom. The van der Waals surface area contributed by atoms with Crippen LogP contribution in [0.2, 0.25) is 5.82 Å². The van der Waals surface area contributed by atoms with Gasteiger partial charge in [-0.25, -0.2) is 0 Å². The van der Waals surface area contributed by atoms with E-state index in [0.29, 0.717) is 18.0 Å². The molecule has 0 spiro atoms. The highest BCUT2D eigenvalue weighted by Gasteiger charge is 2.43. The molecule has 2 atom stereocenters. The first kappa shape index (κ1) is 8.75. The van der Waals surface area contributed by atoms with Crippen molar-refractivity contribution in [1.82, 2.24) is 0 Å². The SMILES string of the molecule is C1=CC(B2O[C@H]3CCCC[C@H]3O2)C=C1. The Bertz CT molecular complexity index is 248. The zero-order valence-electron chi connectivity index (χ0n) is 8.26. The van der Waals surface area contributed by atoms with Gasteiger partial charge in [-0.3, -0.25) is 0 Å². The van der Waals surface area contributed by atoms with E-state index in [1.54, 1.807) is 0 Å². The highest BCUT2D eigenvalue weighted by Crippen LogP contribution is 2.35. The van der Waals surface area contributed by atoms with Gasteiger partial charge in [0.2, 0.25) is 0 Å². The van der Waals surface area contributed by atoms with Crippen LogP contribution in [0.4, 0.5) is 0 Å². The van der Waals surface area contributed by atoms with Gasteiger partial charge in [-0.05, 0) is 12.8 Å². The van der Waals surface area contributed by atoms with Crippen LogP contribution in [0, 0.1) is 0 Å². The Labute approximate surface area is 85.1 Å². The molecule has 2 nitrogen and oxygen atoms in total. The van der Waals surface area contributed by atoms with Gasteiger partial charge >= 0.3 is 7.12 Å². The first-order valence-electron chi connectivity index (χ1n) is 5.59. The molecular formula is C11H15BO2. The van der Waals surface area contributed by atoms with E-state index in [9.17, 15) is 0 Å². The molecule has 1 saturated heterocycles. The average molecular weight is 190 g/mol. The van der Waals surface area contributed by atoms with Gasteiger partial charge < -0.3 is 9.31 Å². The lowest BCUT2D eigenvalue weighted by Gasteiger charge is -2.22. The first-order chi connectivity index (χ1) is 6.93. The third kappa shape index (κ3) is 1.45. The zero-order chi connectivity index (χ0) is 9.38. The fourth-order valence-electron chi connectivity index (χ4n) is 2.56. The van der Waals surface area contributed by atoms with Crippen molar-refractivity contribution in [1.29, 1.82) is 0 Å². The summed E-state index contributed by atoms with van der Waals surface area (Å²) in [5, 5.41) is 0. The molecule has 74 valence electrons. The van der Waals surface area contributed by atoms with Crippen molar-refractivity contribution >= 4 is 7.12 Å². The lowest BCUT2D eigenvalue weighted by molar-refractivity contribution is 0.110. The molecule has 0 bridgehead atoms. The van der Waals surface area contributed by atoms with Crippen molar-refractivity contribution in [3.8, 4) is 0 Å². The lowest BCUT2D eigenvalue weighted by Crippen LogP contribution is -2.25. The molecule has 1 aliphatic heterocycles. The van der Waals surface area contributed by atoms with Gasteiger partial charge in [0.15, 0.2) is 0 Å². The largest absolute Gasteiger partial charge is 0.468 e. The van der Waals surface area contributed by atoms with E-state index < -0.39 is 0 Å². The zero-order valence-corrected chi connectivity index (χ0v) is 8.26. The second-order valence-corrected chi connectivity index (χ2v) is 4.35. The molecule has 14 heavy (non-hydrogen) atoms. The third-order valence-electron chi connectivity index (χ3n) is 3.35. The number of fused-ring (bicyclic) bond motifs is 1. The van der Waals surface area contributed by atoms with Crippen LogP contribution in [-0.4, -0.2) is 19.3 Å². The van der Waals surface area contributed by atoms with E-state index in [2.05, 4.69) is 24.3 Å². The van der Waals surface area contributed by atoms with Gasteiger partial charge in [0.1, 0.15) is 0 Å². The van der Waals surface area contributed by atoms with Crippen molar-refractivity contribution in [3.05, 3.63) is 24.3 Å². The molecule has 1 heterocycles. The summed E-state index contributed by atoms with van der Waals surface area (Å²) in [4.78, 5) is 0. The van der Waals surface area contributed by atoms with Crippen molar-refractivity contribution < 1.29 is 9.31 Å². The number of rotatable bonds is 1. The predicted octanol–water partition coefficient (Wildman–Crippen LogP) is 2.33. The fourth-order valence-corrected chi connectivity index (χ4v) is 2.56. The van der Waals surface area contributed by atoms with Gasteiger partial charge in [-0.2, -0.15) is 0 Å². The molecule has 0 aromatic rings. The second-order valence-electron chi connectivity index (χ2n) is 4.35. The molecule has 0 unspecified atom stereocenters. The van der Waals surface area contributed by atoms with Crippen LogP contribution in [0.3, 0.4) is 0 Å². The molecule has 0 N–H and O–H groups in total. The van der Waals surface area contributed by atoms with Crippen LogP contribution in [0.5, 0.6) is 0 Å². The predicted molar refractivity (Wildman–Crippen MR) is 56.0 cm³/mol. The molecule has 3 heteroatoms. The van der Waals surface area contributed by atoms with Crippen molar-refractivity contribution in [2.45, 2.75) is 43.7 Å². The summed E-state index contributed by atoms with van der Waals surface area (Å²) in [6.07, 6.45) is 14.2. The third-order valence-corrected chi connectivity index (χ3v) is 3.35. The summed E-state index contributed by atoms with van der Waals surface area (Å²) in [5.41, 5.74) is 0. The highest BCUT2D eigenvalue weighted by atomic mass is 16.7. The molecule has 2 aliphatic carbocycles. The van der Waals surface area contributed by atoms with Crippen molar-refractivity contribution in [2.24, 2.45) is 0 Å². The van der Waals surface area contributed by atoms with Crippen LogP contribution in [0.1, 0.15) is 25.7 Å². The van der Waals surface area contributed by atoms with Crippen LogP contribution >= 0.6 is 0 Å².